The molecule has 4 aliphatic rings. The van der Waals surface area contributed by atoms with Gasteiger partial charge in [-0.15, -0.1) is 0 Å². The lowest BCUT2D eigenvalue weighted by atomic mass is 9.46. The maximum absolute atomic E-state index is 12.4. The fourth-order valence-corrected chi connectivity index (χ4v) is 8.47. The molecule has 0 aromatic heterocycles. The molecule has 0 bridgehead atoms. The Bertz CT molecular complexity index is 1140. The fourth-order valence-electron chi connectivity index (χ4n) is 8.47. The number of fused-ring (bicyclic) bond motifs is 5. The second-order valence-corrected chi connectivity index (χ2v) is 12.5. The van der Waals surface area contributed by atoms with E-state index in [4.69, 9.17) is 4.84 Å². The van der Waals surface area contributed by atoms with E-state index in [1.807, 2.05) is 12.1 Å². The van der Waals surface area contributed by atoms with Gasteiger partial charge in [-0.1, -0.05) is 36.7 Å². The van der Waals surface area contributed by atoms with E-state index in [0.29, 0.717) is 37.1 Å². The number of benzene rings is 1. The maximum Gasteiger partial charge on any atom is 0.260 e. The molecule has 4 aliphatic carbocycles. The van der Waals surface area contributed by atoms with Crippen molar-refractivity contribution in [1.29, 1.82) is 0 Å². The highest BCUT2D eigenvalue weighted by molar-refractivity contribution is 5.96. The Kier molecular flexibility index (Phi) is 7.18. The van der Waals surface area contributed by atoms with E-state index in [2.05, 4.69) is 30.4 Å². The van der Waals surface area contributed by atoms with Crippen LogP contribution in [0.25, 0.3) is 0 Å². The second kappa shape index (κ2) is 10.1. The minimum atomic E-state index is -1.17. The average Bonchev–Trinajstić information content (AvgIpc) is 3.17. The van der Waals surface area contributed by atoms with Crippen LogP contribution < -0.4 is 5.32 Å². The van der Waals surface area contributed by atoms with Crippen molar-refractivity contribution >= 4 is 17.4 Å². The van der Waals surface area contributed by atoms with Gasteiger partial charge in [0.1, 0.15) is 11.4 Å². The Labute approximate surface area is 225 Å². The third kappa shape index (κ3) is 4.57. The Morgan fingerprint density at radius 1 is 1.05 bits per heavy atom. The second-order valence-electron chi connectivity index (χ2n) is 12.5. The summed E-state index contributed by atoms with van der Waals surface area (Å²) in [5.74, 6) is 1.48. The minimum Gasteiger partial charge on any atom is -0.508 e. The standard InChI is InChI=1S/C31H42N2O5/c1-20(34)31(37)16-12-27-25-9-6-22-18-23(10-14-29(22,2)26(25)11-15-30(27,31)3)33-38-19-28(36)32-17-13-21-4-7-24(35)8-5-21/h4-5,7-8,18,25-27,35,37H,6,9-17,19H2,1-3H3,(H,32,36)/b33-23-/t25-,26+,27+,29+,30+,31+/m1/s1. The van der Waals surface area contributed by atoms with E-state index >= 15 is 0 Å². The van der Waals surface area contributed by atoms with Gasteiger partial charge in [-0.3, -0.25) is 9.59 Å². The number of aliphatic hydroxyl groups is 1. The molecular weight excluding hydrogens is 480 g/mol. The van der Waals surface area contributed by atoms with Crippen LogP contribution in [0.15, 0.2) is 41.1 Å². The van der Waals surface area contributed by atoms with Gasteiger partial charge < -0.3 is 20.4 Å². The summed E-state index contributed by atoms with van der Waals surface area (Å²) in [6, 6.07) is 6.96. The quantitative estimate of drug-likeness (QED) is 0.450. The summed E-state index contributed by atoms with van der Waals surface area (Å²) >= 11 is 0. The predicted octanol–water partition coefficient (Wildman–Crippen LogP) is 4.71. The minimum absolute atomic E-state index is 0.0619. The molecule has 3 N–H and O–H groups in total. The molecule has 7 heteroatoms. The zero-order valence-corrected chi connectivity index (χ0v) is 23.0. The molecule has 0 spiro atoms. The third-order valence-corrected chi connectivity index (χ3v) is 10.8. The number of oxime groups is 1. The number of carbonyl (C=O) groups excluding carboxylic acids is 2. The summed E-state index contributed by atoms with van der Waals surface area (Å²) in [5, 5.41) is 27.9. The van der Waals surface area contributed by atoms with E-state index in [9.17, 15) is 19.8 Å². The number of phenolic OH excluding ortho intramolecular Hbond substituents is 1. The highest BCUT2D eigenvalue weighted by Crippen LogP contribution is 2.67. The predicted molar refractivity (Wildman–Crippen MR) is 146 cm³/mol. The van der Waals surface area contributed by atoms with Crippen LogP contribution in [0.3, 0.4) is 0 Å². The molecule has 1 aromatic rings. The monoisotopic (exact) mass is 522 g/mol. The van der Waals surface area contributed by atoms with Crippen LogP contribution >= 0.6 is 0 Å². The Morgan fingerprint density at radius 3 is 2.53 bits per heavy atom. The molecule has 0 radical (unpaired) electrons. The van der Waals surface area contributed by atoms with Crippen molar-refractivity contribution in [3.05, 3.63) is 41.5 Å². The van der Waals surface area contributed by atoms with Gasteiger partial charge in [0.25, 0.3) is 5.91 Å². The number of carbonyl (C=O) groups is 2. The van der Waals surface area contributed by atoms with Gasteiger partial charge in [-0.2, -0.15) is 0 Å². The van der Waals surface area contributed by atoms with Crippen molar-refractivity contribution in [2.24, 2.45) is 33.7 Å². The van der Waals surface area contributed by atoms with Crippen molar-refractivity contribution in [3.8, 4) is 5.75 Å². The number of ketones is 1. The number of nitrogens with one attached hydrogen (secondary N) is 1. The van der Waals surface area contributed by atoms with Gasteiger partial charge in [0, 0.05) is 12.0 Å². The number of Topliss-reactive ketones (excluding diaryl/α,β-unsaturated/α-hetero) is 1. The first-order chi connectivity index (χ1) is 18.1. The first-order valence-corrected chi connectivity index (χ1v) is 14.2. The van der Waals surface area contributed by atoms with E-state index in [1.54, 1.807) is 19.1 Å². The number of allylic oxidation sites excluding steroid dienone is 2. The first kappa shape index (κ1) is 26.9. The lowest BCUT2D eigenvalue weighted by Gasteiger charge is -2.59. The molecule has 0 saturated heterocycles. The lowest BCUT2D eigenvalue weighted by molar-refractivity contribution is -0.159. The summed E-state index contributed by atoms with van der Waals surface area (Å²) in [5.41, 5.74) is 2.03. The molecule has 7 nitrogen and oxygen atoms in total. The number of hydrogen-bond acceptors (Lipinski definition) is 6. The fraction of sp³-hybridized carbons (Fsp3) is 0.645. The van der Waals surface area contributed by atoms with Crippen LogP contribution in [-0.4, -0.2) is 46.4 Å². The summed E-state index contributed by atoms with van der Waals surface area (Å²) in [6.07, 6.45) is 10.3. The molecule has 3 fully saturated rings. The zero-order chi connectivity index (χ0) is 27.1. The van der Waals surface area contributed by atoms with Crippen LogP contribution in [-0.2, 0) is 20.8 Å². The lowest BCUT2D eigenvalue weighted by Crippen LogP contribution is -2.57. The molecule has 1 amide bonds. The number of nitrogens with zero attached hydrogens (tertiary/aromatic N) is 1. The van der Waals surface area contributed by atoms with Crippen LogP contribution in [0, 0.1) is 28.6 Å². The molecule has 0 unspecified atom stereocenters. The molecular formula is C31H42N2O5. The Balaban J connectivity index is 1.16. The number of rotatable bonds is 7. The first-order valence-electron chi connectivity index (χ1n) is 14.2. The van der Waals surface area contributed by atoms with Crippen molar-refractivity contribution in [3.63, 3.8) is 0 Å². The maximum atomic E-state index is 12.4. The van der Waals surface area contributed by atoms with Gasteiger partial charge >= 0.3 is 0 Å². The molecule has 1 aromatic carbocycles. The van der Waals surface area contributed by atoms with E-state index in [1.165, 1.54) is 5.57 Å². The molecule has 3 saturated carbocycles. The van der Waals surface area contributed by atoms with Crippen molar-refractivity contribution in [2.75, 3.05) is 13.2 Å². The van der Waals surface area contributed by atoms with Crippen molar-refractivity contribution in [2.45, 2.75) is 84.2 Å². The number of hydrogen-bond donors (Lipinski definition) is 3. The number of aromatic hydroxyl groups is 1. The normalized spacial score (nSPS) is 37.0. The van der Waals surface area contributed by atoms with Gasteiger partial charge in [0.2, 0.25) is 0 Å². The molecule has 6 atom stereocenters. The van der Waals surface area contributed by atoms with Crippen LogP contribution in [0.5, 0.6) is 5.75 Å². The highest BCUT2D eigenvalue weighted by Gasteiger charge is 2.65. The van der Waals surface area contributed by atoms with Crippen LogP contribution in [0.1, 0.15) is 77.7 Å². The third-order valence-electron chi connectivity index (χ3n) is 10.8. The highest BCUT2D eigenvalue weighted by atomic mass is 16.6. The van der Waals surface area contributed by atoms with E-state index in [-0.39, 0.29) is 34.9 Å². The van der Waals surface area contributed by atoms with Gasteiger partial charge in [0.05, 0.1) is 5.71 Å². The van der Waals surface area contributed by atoms with Crippen molar-refractivity contribution in [1.82, 2.24) is 5.32 Å². The average molecular weight is 523 g/mol. The Hall–Kier alpha value is -2.67. The topological polar surface area (TPSA) is 108 Å². The summed E-state index contributed by atoms with van der Waals surface area (Å²) in [6.45, 7) is 6.53. The Morgan fingerprint density at radius 2 is 1.79 bits per heavy atom. The SMILES string of the molecule is CC(=O)[C@@]1(O)CC[C@H]2[C@@H]3CCC4=C/C(=N\OCC(=O)NCCc5ccc(O)cc5)CC[C@]4(C)[C@H]3CC[C@@]21C. The summed E-state index contributed by atoms with van der Waals surface area (Å²) < 4.78 is 0. The molecule has 0 heterocycles. The van der Waals surface area contributed by atoms with Gasteiger partial charge in [0.15, 0.2) is 12.4 Å². The smallest absolute Gasteiger partial charge is 0.260 e. The largest absolute Gasteiger partial charge is 0.508 e. The summed E-state index contributed by atoms with van der Waals surface area (Å²) in [4.78, 5) is 30.0. The van der Waals surface area contributed by atoms with E-state index in [0.717, 1.165) is 56.2 Å². The molecule has 38 heavy (non-hydrogen) atoms. The van der Waals surface area contributed by atoms with Gasteiger partial charge in [-0.25, -0.2) is 0 Å². The van der Waals surface area contributed by atoms with Crippen LogP contribution in [0.2, 0.25) is 0 Å². The van der Waals surface area contributed by atoms with E-state index < -0.39 is 5.60 Å². The van der Waals surface area contributed by atoms with Gasteiger partial charge in [-0.05, 0) is 112 Å². The number of amides is 1. The van der Waals surface area contributed by atoms with Crippen LogP contribution in [0.4, 0.5) is 0 Å². The number of phenols is 1. The molecule has 206 valence electrons. The molecule has 5 rings (SSSR count). The zero-order valence-electron chi connectivity index (χ0n) is 23.0. The molecule has 0 aliphatic heterocycles. The summed E-state index contributed by atoms with van der Waals surface area (Å²) in [7, 11) is 0. The van der Waals surface area contributed by atoms with Crippen molar-refractivity contribution < 1.29 is 24.6 Å².